The molecule has 28 heavy (non-hydrogen) atoms. The Balaban J connectivity index is 1.63. The summed E-state index contributed by atoms with van der Waals surface area (Å²) < 4.78 is 15.5. The van der Waals surface area contributed by atoms with Crippen molar-refractivity contribution in [3.63, 3.8) is 0 Å². The summed E-state index contributed by atoms with van der Waals surface area (Å²) in [5.41, 5.74) is 1.00. The fourth-order valence-electron chi connectivity index (χ4n) is 2.39. The lowest BCUT2D eigenvalue weighted by Gasteiger charge is -2.11. The van der Waals surface area contributed by atoms with Crippen molar-refractivity contribution >= 4 is 40.2 Å². The van der Waals surface area contributed by atoms with Gasteiger partial charge in [-0.2, -0.15) is 0 Å². The maximum absolute atomic E-state index is 12.4. The highest BCUT2D eigenvalue weighted by molar-refractivity contribution is 7.22. The summed E-state index contributed by atoms with van der Waals surface area (Å²) in [6.07, 6.45) is 0. The predicted molar refractivity (Wildman–Crippen MR) is 109 cm³/mol. The van der Waals surface area contributed by atoms with Gasteiger partial charge in [-0.25, -0.2) is 9.78 Å². The number of hydrogen-bond acceptors (Lipinski definition) is 8. The van der Waals surface area contributed by atoms with Gasteiger partial charge in [0.05, 0.1) is 30.5 Å². The average Bonchev–Trinajstić information content (AvgIpc) is 3.35. The van der Waals surface area contributed by atoms with Crippen molar-refractivity contribution in [2.75, 3.05) is 26.1 Å². The molecule has 1 amide bonds. The van der Waals surface area contributed by atoms with Crippen LogP contribution in [0.1, 0.15) is 15.4 Å². The summed E-state index contributed by atoms with van der Waals surface area (Å²) in [5.74, 6) is -0.0278. The van der Waals surface area contributed by atoms with Gasteiger partial charge in [-0.05, 0) is 30.5 Å². The molecule has 7 nitrogen and oxygen atoms in total. The lowest BCUT2D eigenvalue weighted by Crippen LogP contribution is -2.21. The van der Waals surface area contributed by atoms with Crippen molar-refractivity contribution in [2.45, 2.75) is 6.92 Å². The topological polar surface area (TPSA) is 86.8 Å². The second kappa shape index (κ2) is 8.85. The number of aryl methyl sites for hydroxylation is 1. The molecule has 0 aliphatic rings. The van der Waals surface area contributed by atoms with Gasteiger partial charge < -0.3 is 19.5 Å². The summed E-state index contributed by atoms with van der Waals surface area (Å²) in [6.45, 7) is 1.32. The molecule has 0 saturated heterocycles. The number of thiophene rings is 1. The Bertz CT molecular complexity index is 982. The van der Waals surface area contributed by atoms with E-state index in [2.05, 4.69) is 10.3 Å². The van der Waals surface area contributed by atoms with Crippen LogP contribution >= 0.6 is 22.7 Å². The van der Waals surface area contributed by atoms with Crippen LogP contribution in [0, 0.1) is 6.92 Å². The minimum Gasteiger partial charge on any atom is -0.497 e. The van der Waals surface area contributed by atoms with Crippen LogP contribution in [0.3, 0.4) is 0 Å². The van der Waals surface area contributed by atoms with E-state index in [0.29, 0.717) is 27.8 Å². The predicted octanol–water partition coefficient (Wildman–Crippen LogP) is 3.99. The Morgan fingerprint density at radius 3 is 2.68 bits per heavy atom. The second-order valence-corrected chi connectivity index (χ2v) is 7.55. The van der Waals surface area contributed by atoms with Crippen LogP contribution in [0.25, 0.3) is 9.88 Å². The maximum atomic E-state index is 12.4. The SMILES string of the molecule is COc1ccc(OC)c(NC(=O)COC(=O)c2sc(-c3cccs3)nc2C)c1. The zero-order valence-corrected chi connectivity index (χ0v) is 17.1. The highest BCUT2D eigenvalue weighted by atomic mass is 32.1. The number of aromatic nitrogens is 1. The number of hydrogen-bond donors (Lipinski definition) is 1. The fourth-order valence-corrected chi connectivity index (χ4v) is 4.14. The molecule has 0 spiro atoms. The van der Waals surface area contributed by atoms with Crippen molar-refractivity contribution in [1.29, 1.82) is 0 Å². The van der Waals surface area contributed by atoms with Crippen LogP contribution < -0.4 is 14.8 Å². The number of carbonyl (C=O) groups excluding carboxylic acids is 2. The monoisotopic (exact) mass is 418 g/mol. The van der Waals surface area contributed by atoms with Crippen molar-refractivity contribution in [1.82, 2.24) is 4.98 Å². The first-order chi connectivity index (χ1) is 13.5. The largest absolute Gasteiger partial charge is 0.497 e. The van der Waals surface area contributed by atoms with E-state index in [9.17, 15) is 9.59 Å². The smallest absolute Gasteiger partial charge is 0.350 e. The molecular formula is C19H18N2O5S2. The standard InChI is InChI=1S/C19H18N2O5S2/c1-11-17(28-18(20-11)15-5-4-8-27-15)19(23)26-10-16(22)21-13-9-12(24-2)6-7-14(13)25-3/h4-9H,10H2,1-3H3,(H,21,22). The summed E-state index contributed by atoms with van der Waals surface area (Å²) in [5, 5.41) is 5.35. The molecule has 0 atom stereocenters. The highest BCUT2D eigenvalue weighted by Gasteiger charge is 2.19. The number of thiazole rings is 1. The van der Waals surface area contributed by atoms with E-state index in [0.717, 1.165) is 9.88 Å². The van der Waals surface area contributed by atoms with E-state index in [-0.39, 0.29) is 0 Å². The summed E-state index contributed by atoms with van der Waals surface area (Å²) in [6, 6.07) is 8.87. The van der Waals surface area contributed by atoms with Crippen LogP contribution in [-0.4, -0.2) is 37.7 Å². The first-order valence-corrected chi connectivity index (χ1v) is 9.91. The molecule has 0 aliphatic carbocycles. The quantitative estimate of drug-likeness (QED) is 0.584. The number of nitrogens with one attached hydrogen (secondary N) is 1. The lowest BCUT2D eigenvalue weighted by molar-refractivity contribution is -0.119. The van der Waals surface area contributed by atoms with E-state index in [1.54, 1.807) is 36.5 Å². The molecule has 1 aromatic carbocycles. The highest BCUT2D eigenvalue weighted by Crippen LogP contribution is 2.31. The second-order valence-electron chi connectivity index (χ2n) is 5.60. The third-order valence-corrected chi connectivity index (χ3v) is 5.91. The molecular weight excluding hydrogens is 400 g/mol. The Labute approximate surface area is 169 Å². The summed E-state index contributed by atoms with van der Waals surface area (Å²) in [7, 11) is 3.02. The number of anilines is 1. The molecule has 0 unspecified atom stereocenters. The van der Waals surface area contributed by atoms with Crippen molar-refractivity contribution < 1.29 is 23.8 Å². The molecule has 2 heterocycles. The number of rotatable bonds is 7. The number of amides is 1. The van der Waals surface area contributed by atoms with Crippen LogP contribution in [-0.2, 0) is 9.53 Å². The Morgan fingerprint density at radius 2 is 2.00 bits per heavy atom. The lowest BCUT2D eigenvalue weighted by atomic mass is 10.2. The van der Waals surface area contributed by atoms with Gasteiger partial charge in [-0.3, -0.25) is 4.79 Å². The molecule has 3 rings (SSSR count). The van der Waals surface area contributed by atoms with Gasteiger partial charge >= 0.3 is 5.97 Å². The van der Waals surface area contributed by atoms with Gasteiger partial charge in [0, 0.05) is 6.07 Å². The average molecular weight is 418 g/mol. The molecule has 0 bridgehead atoms. The number of ether oxygens (including phenoxy) is 3. The van der Waals surface area contributed by atoms with Gasteiger partial charge in [0.25, 0.3) is 5.91 Å². The van der Waals surface area contributed by atoms with Crippen LogP contribution in [0.4, 0.5) is 5.69 Å². The Kier molecular flexibility index (Phi) is 6.27. The Hall–Kier alpha value is -2.91. The molecule has 1 N–H and O–H groups in total. The summed E-state index contributed by atoms with van der Waals surface area (Å²) in [4.78, 5) is 30.3. The van der Waals surface area contributed by atoms with E-state index in [1.165, 1.54) is 25.6 Å². The first kappa shape index (κ1) is 19.8. The molecule has 0 radical (unpaired) electrons. The molecule has 9 heteroatoms. The molecule has 146 valence electrons. The molecule has 2 aromatic heterocycles. The summed E-state index contributed by atoms with van der Waals surface area (Å²) >= 11 is 2.79. The van der Waals surface area contributed by atoms with E-state index < -0.39 is 18.5 Å². The maximum Gasteiger partial charge on any atom is 0.350 e. The minimum absolute atomic E-state index is 0.384. The number of nitrogens with zero attached hydrogens (tertiary/aromatic N) is 1. The number of methoxy groups -OCH3 is 2. The van der Waals surface area contributed by atoms with Gasteiger partial charge in [0.15, 0.2) is 6.61 Å². The zero-order valence-electron chi connectivity index (χ0n) is 15.5. The fraction of sp³-hybridized carbons (Fsp3) is 0.211. The molecule has 0 saturated carbocycles. The van der Waals surface area contributed by atoms with E-state index in [1.807, 2.05) is 17.5 Å². The van der Waals surface area contributed by atoms with Crippen molar-refractivity contribution in [3.05, 3.63) is 46.3 Å². The zero-order chi connectivity index (χ0) is 20.1. The van der Waals surface area contributed by atoms with Crippen LogP contribution in [0.2, 0.25) is 0 Å². The van der Waals surface area contributed by atoms with Gasteiger partial charge in [0.1, 0.15) is 21.4 Å². The van der Waals surface area contributed by atoms with Gasteiger partial charge in [0.2, 0.25) is 0 Å². The van der Waals surface area contributed by atoms with Gasteiger partial charge in [-0.15, -0.1) is 22.7 Å². The molecule has 0 fully saturated rings. The minimum atomic E-state index is -0.578. The van der Waals surface area contributed by atoms with E-state index >= 15 is 0 Å². The van der Waals surface area contributed by atoms with E-state index in [4.69, 9.17) is 14.2 Å². The molecule has 0 aliphatic heterocycles. The Morgan fingerprint density at radius 1 is 1.18 bits per heavy atom. The van der Waals surface area contributed by atoms with Gasteiger partial charge in [-0.1, -0.05) is 6.07 Å². The number of esters is 1. The van der Waals surface area contributed by atoms with Crippen molar-refractivity contribution in [2.24, 2.45) is 0 Å². The number of benzene rings is 1. The normalized spacial score (nSPS) is 10.4. The third kappa shape index (κ3) is 4.49. The number of carbonyl (C=O) groups is 2. The van der Waals surface area contributed by atoms with Crippen LogP contribution in [0.5, 0.6) is 11.5 Å². The van der Waals surface area contributed by atoms with Crippen LogP contribution in [0.15, 0.2) is 35.7 Å². The first-order valence-electron chi connectivity index (χ1n) is 8.22. The molecule has 3 aromatic rings. The third-order valence-electron chi connectivity index (χ3n) is 3.73. The van der Waals surface area contributed by atoms with Crippen molar-refractivity contribution in [3.8, 4) is 21.4 Å².